The molecule has 0 radical (unpaired) electrons. The van der Waals surface area contributed by atoms with Crippen LogP contribution >= 0.6 is 0 Å². The first kappa shape index (κ1) is 28.1. The number of hydrogen-bond acceptors (Lipinski definition) is 4. The number of amides is 1. The molecule has 1 atom stereocenters. The zero-order valence-electron chi connectivity index (χ0n) is 21.5. The van der Waals surface area contributed by atoms with E-state index in [1.54, 1.807) is 17.2 Å². The Morgan fingerprint density at radius 3 is 2.35 bits per heavy atom. The summed E-state index contributed by atoms with van der Waals surface area (Å²) in [6, 6.07) is 1.67. The van der Waals surface area contributed by atoms with Crippen molar-refractivity contribution >= 4 is 16.9 Å². The SMILES string of the molecule is CCCCCc1cc(O)c(C/C=C(\C)CCC=C(C)C)c(O)c1C(=O)N1CCN(S(C)=O)CC1. The van der Waals surface area contributed by atoms with E-state index >= 15 is 0 Å². The minimum Gasteiger partial charge on any atom is -0.508 e. The Hall–Kier alpha value is -2.12. The lowest BCUT2D eigenvalue weighted by Crippen LogP contribution is -2.49. The quantitative estimate of drug-likeness (QED) is 0.333. The number of piperazine rings is 1. The van der Waals surface area contributed by atoms with Crippen LogP contribution in [0.4, 0.5) is 0 Å². The Labute approximate surface area is 207 Å². The summed E-state index contributed by atoms with van der Waals surface area (Å²) >= 11 is 0. The molecule has 1 unspecified atom stereocenters. The molecule has 1 amide bonds. The minimum atomic E-state index is -1.06. The van der Waals surface area contributed by atoms with Crippen LogP contribution in [0.3, 0.4) is 0 Å². The van der Waals surface area contributed by atoms with E-state index in [1.807, 2.05) is 10.4 Å². The van der Waals surface area contributed by atoms with E-state index in [4.69, 9.17) is 0 Å². The van der Waals surface area contributed by atoms with Gasteiger partial charge in [0, 0.05) is 38.0 Å². The largest absolute Gasteiger partial charge is 0.508 e. The first-order valence-corrected chi connectivity index (χ1v) is 13.9. The van der Waals surface area contributed by atoms with Gasteiger partial charge < -0.3 is 15.1 Å². The topological polar surface area (TPSA) is 81.1 Å². The van der Waals surface area contributed by atoms with Crippen molar-refractivity contribution in [2.24, 2.45) is 0 Å². The highest BCUT2D eigenvalue weighted by molar-refractivity contribution is 7.81. The zero-order chi connectivity index (χ0) is 25.3. The molecule has 1 aromatic rings. The van der Waals surface area contributed by atoms with Crippen LogP contribution in [0.15, 0.2) is 29.4 Å². The summed E-state index contributed by atoms with van der Waals surface area (Å²) in [5.74, 6) is -0.275. The molecule has 1 heterocycles. The van der Waals surface area contributed by atoms with Gasteiger partial charge in [0.15, 0.2) is 0 Å². The number of hydrogen-bond donors (Lipinski definition) is 2. The number of benzene rings is 1. The van der Waals surface area contributed by atoms with Crippen LogP contribution in [0.25, 0.3) is 0 Å². The van der Waals surface area contributed by atoms with Gasteiger partial charge in [-0.05, 0) is 64.5 Å². The molecular formula is C27H42N2O4S. The molecule has 0 saturated carbocycles. The van der Waals surface area contributed by atoms with Gasteiger partial charge in [0.2, 0.25) is 0 Å². The van der Waals surface area contributed by atoms with Crippen molar-refractivity contribution < 1.29 is 19.2 Å². The Morgan fingerprint density at radius 1 is 1.09 bits per heavy atom. The molecule has 1 saturated heterocycles. The minimum absolute atomic E-state index is 0.0418. The third kappa shape index (κ3) is 7.98. The van der Waals surface area contributed by atoms with Crippen LogP contribution in [0.5, 0.6) is 11.5 Å². The van der Waals surface area contributed by atoms with Crippen molar-refractivity contribution in [3.8, 4) is 11.5 Å². The van der Waals surface area contributed by atoms with Gasteiger partial charge in [-0.2, -0.15) is 0 Å². The lowest BCUT2D eigenvalue weighted by Gasteiger charge is -2.33. The number of phenols is 2. The van der Waals surface area contributed by atoms with Crippen molar-refractivity contribution in [1.29, 1.82) is 0 Å². The average molecular weight is 491 g/mol. The molecular weight excluding hydrogens is 448 g/mol. The van der Waals surface area contributed by atoms with Gasteiger partial charge in [0.05, 0.1) is 16.5 Å². The Balaban J connectivity index is 2.31. The summed E-state index contributed by atoms with van der Waals surface area (Å²) in [4.78, 5) is 15.3. The van der Waals surface area contributed by atoms with E-state index in [1.165, 1.54) is 11.1 Å². The van der Waals surface area contributed by atoms with Gasteiger partial charge in [-0.1, -0.05) is 43.1 Å². The molecule has 1 aliphatic heterocycles. The number of carbonyl (C=O) groups excluding carboxylic acids is 1. The number of aromatic hydroxyl groups is 2. The second kappa shape index (κ2) is 13.7. The molecule has 6 nitrogen and oxygen atoms in total. The van der Waals surface area contributed by atoms with E-state index in [0.717, 1.165) is 32.1 Å². The fraction of sp³-hybridized carbons (Fsp3) is 0.593. The number of carbonyl (C=O) groups is 1. The van der Waals surface area contributed by atoms with Crippen LogP contribution in [0.1, 0.15) is 81.3 Å². The normalized spacial score (nSPS) is 15.9. The van der Waals surface area contributed by atoms with Crippen molar-refractivity contribution in [2.75, 3.05) is 32.4 Å². The molecule has 2 N–H and O–H groups in total. The van der Waals surface area contributed by atoms with Gasteiger partial charge in [0.25, 0.3) is 5.91 Å². The van der Waals surface area contributed by atoms with E-state index in [0.29, 0.717) is 55.7 Å². The van der Waals surface area contributed by atoms with E-state index in [2.05, 4.69) is 33.8 Å². The van der Waals surface area contributed by atoms with Crippen molar-refractivity contribution in [3.63, 3.8) is 0 Å². The fourth-order valence-corrected chi connectivity index (χ4v) is 4.90. The lowest BCUT2D eigenvalue weighted by atomic mass is 9.93. The molecule has 2 rings (SSSR count). The van der Waals surface area contributed by atoms with Crippen molar-refractivity contribution in [2.45, 2.75) is 72.6 Å². The molecule has 0 aliphatic carbocycles. The summed E-state index contributed by atoms with van der Waals surface area (Å²) in [6.45, 7) is 10.3. The van der Waals surface area contributed by atoms with Gasteiger partial charge >= 0.3 is 0 Å². The average Bonchev–Trinajstić information content (AvgIpc) is 2.78. The smallest absolute Gasteiger partial charge is 0.257 e. The highest BCUT2D eigenvalue weighted by atomic mass is 32.2. The second-order valence-corrected chi connectivity index (χ2v) is 10.8. The molecule has 190 valence electrons. The van der Waals surface area contributed by atoms with Crippen LogP contribution < -0.4 is 0 Å². The van der Waals surface area contributed by atoms with Crippen LogP contribution in [0.2, 0.25) is 0 Å². The number of phenolic OH excluding ortho intramolecular Hbond substituents is 2. The van der Waals surface area contributed by atoms with E-state index in [-0.39, 0.29) is 17.4 Å². The van der Waals surface area contributed by atoms with E-state index < -0.39 is 11.0 Å². The first-order valence-electron chi connectivity index (χ1n) is 12.4. The first-order chi connectivity index (χ1) is 16.1. The maximum atomic E-state index is 13.5. The Kier molecular flexibility index (Phi) is 11.3. The summed E-state index contributed by atoms with van der Waals surface area (Å²) in [6.07, 6.45) is 11.7. The Bertz CT molecular complexity index is 927. The second-order valence-electron chi connectivity index (χ2n) is 9.43. The van der Waals surface area contributed by atoms with Crippen molar-refractivity contribution in [1.82, 2.24) is 9.21 Å². The highest BCUT2D eigenvalue weighted by Crippen LogP contribution is 2.36. The lowest BCUT2D eigenvalue weighted by molar-refractivity contribution is 0.0696. The molecule has 0 bridgehead atoms. The maximum absolute atomic E-state index is 13.5. The van der Waals surface area contributed by atoms with Gasteiger partial charge in [-0.3, -0.25) is 4.79 Å². The molecule has 7 heteroatoms. The number of aryl methyl sites for hydroxylation is 1. The molecule has 0 aromatic heterocycles. The standard InChI is InChI=1S/C27H42N2O4S/c1-6-7-8-12-22-19-24(30)23(14-13-21(4)11-9-10-20(2)3)26(31)25(22)27(32)28-15-17-29(18-16-28)34(5)33/h10,13,19,30-31H,6-9,11-12,14-18H2,1-5H3/b21-13+. The van der Waals surface area contributed by atoms with Crippen molar-refractivity contribution in [3.05, 3.63) is 46.1 Å². The number of unbranched alkanes of at least 4 members (excludes halogenated alkanes) is 2. The summed E-state index contributed by atoms with van der Waals surface area (Å²) < 4.78 is 13.6. The predicted octanol–water partition coefficient (Wildman–Crippen LogP) is 5.12. The zero-order valence-corrected chi connectivity index (χ0v) is 22.3. The highest BCUT2D eigenvalue weighted by Gasteiger charge is 2.29. The van der Waals surface area contributed by atoms with E-state index in [9.17, 15) is 19.2 Å². The fourth-order valence-electron chi connectivity index (χ4n) is 4.22. The molecule has 34 heavy (non-hydrogen) atoms. The number of nitrogens with zero attached hydrogens (tertiary/aromatic N) is 2. The number of rotatable bonds is 11. The monoisotopic (exact) mass is 490 g/mol. The maximum Gasteiger partial charge on any atom is 0.257 e. The van der Waals surface area contributed by atoms with Gasteiger partial charge in [0.1, 0.15) is 11.5 Å². The third-order valence-corrected chi connectivity index (χ3v) is 7.46. The summed E-state index contributed by atoms with van der Waals surface area (Å²) in [5, 5.41) is 21.9. The van der Waals surface area contributed by atoms with Gasteiger partial charge in [-0.15, -0.1) is 0 Å². The van der Waals surface area contributed by atoms with Crippen LogP contribution in [-0.2, 0) is 23.8 Å². The molecule has 1 fully saturated rings. The third-order valence-electron chi connectivity index (χ3n) is 6.36. The van der Waals surface area contributed by atoms with Gasteiger partial charge in [-0.25, -0.2) is 8.51 Å². The molecule has 1 aromatic carbocycles. The summed E-state index contributed by atoms with van der Waals surface area (Å²) in [7, 11) is -1.06. The van der Waals surface area contributed by atoms with Crippen LogP contribution in [-0.4, -0.2) is 62.0 Å². The molecule has 1 aliphatic rings. The summed E-state index contributed by atoms with van der Waals surface area (Å²) in [5.41, 5.74) is 3.88. The Morgan fingerprint density at radius 2 is 1.76 bits per heavy atom. The number of allylic oxidation sites excluding steroid dienone is 4. The molecule has 0 spiro atoms. The van der Waals surface area contributed by atoms with Crippen LogP contribution in [0, 0.1) is 0 Å². The predicted molar refractivity (Wildman–Crippen MR) is 141 cm³/mol.